The van der Waals surface area contributed by atoms with Crippen LogP contribution < -0.4 is 10.5 Å². The van der Waals surface area contributed by atoms with Crippen molar-refractivity contribution in [2.24, 2.45) is 5.73 Å². The molecule has 0 amide bonds. The van der Waals surface area contributed by atoms with E-state index in [0.29, 0.717) is 13.2 Å². The maximum absolute atomic E-state index is 5.69. The number of aryl methyl sites for hydroxylation is 1. The molecule has 3 nitrogen and oxygen atoms in total. The lowest BCUT2D eigenvalue weighted by Gasteiger charge is -2.07. The van der Waals surface area contributed by atoms with Gasteiger partial charge < -0.3 is 10.5 Å². The van der Waals surface area contributed by atoms with Crippen molar-refractivity contribution in [3.05, 3.63) is 59.4 Å². The molecule has 0 radical (unpaired) electrons. The number of nitrogens with zero attached hydrogens (tertiary/aromatic N) is 1. The topological polar surface area (TPSA) is 48.1 Å². The Kier molecular flexibility index (Phi) is 4.31. The monoisotopic (exact) mass is 242 g/mol. The molecule has 0 aliphatic rings. The van der Waals surface area contributed by atoms with Gasteiger partial charge in [-0.25, -0.2) is 0 Å². The van der Waals surface area contributed by atoms with E-state index < -0.39 is 0 Å². The maximum Gasteiger partial charge on any atom is 0.138 e. The van der Waals surface area contributed by atoms with E-state index in [1.54, 1.807) is 6.20 Å². The lowest BCUT2D eigenvalue weighted by molar-refractivity contribution is 0.304. The summed E-state index contributed by atoms with van der Waals surface area (Å²) in [6, 6.07) is 12.2. The van der Waals surface area contributed by atoms with Crippen LogP contribution in [-0.4, -0.2) is 11.5 Å². The highest BCUT2D eigenvalue weighted by atomic mass is 16.5. The van der Waals surface area contributed by atoms with Gasteiger partial charge in [-0.2, -0.15) is 0 Å². The zero-order chi connectivity index (χ0) is 12.8. The highest BCUT2D eigenvalue weighted by molar-refractivity contribution is 5.24. The summed E-state index contributed by atoms with van der Waals surface area (Å²) >= 11 is 0. The third-order valence-corrected chi connectivity index (χ3v) is 2.69. The molecule has 18 heavy (non-hydrogen) atoms. The Morgan fingerprint density at radius 3 is 2.78 bits per heavy atom. The van der Waals surface area contributed by atoms with Gasteiger partial charge >= 0.3 is 0 Å². The summed E-state index contributed by atoms with van der Waals surface area (Å²) in [5, 5.41) is 0. The molecule has 1 aromatic heterocycles. The number of nitrogens with two attached hydrogens (primary N) is 1. The van der Waals surface area contributed by atoms with Gasteiger partial charge in [0, 0.05) is 12.1 Å². The van der Waals surface area contributed by atoms with Crippen molar-refractivity contribution < 1.29 is 4.74 Å². The Labute approximate surface area is 108 Å². The van der Waals surface area contributed by atoms with E-state index in [4.69, 9.17) is 10.5 Å². The minimum Gasteiger partial charge on any atom is -0.487 e. The average molecular weight is 242 g/mol. The number of hydrogen-bond acceptors (Lipinski definition) is 3. The molecule has 0 atom stereocenters. The van der Waals surface area contributed by atoms with Gasteiger partial charge in [-0.15, -0.1) is 0 Å². The van der Waals surface area contributed by atoms with Gasteiger partial charge in [-0.1, -0.05) is 29.8 Å². The molecule has 94 valence electrons. The molecular weight excluding hydrogens is 224 g/mol. The van der Waals surface area contributed by atoms with Crippen LogP contribution in [0.25, 0.3) is 0 Å². The lowest BCUT2D eigenvalue weighted by Crippen LogP contribution is -2.04. The van der Waals surface area contributed by atoms with Gasteiger partial charge in [0.1, 0.15) is 12.4 Å². The fraction of sp³-hybridized carbons (Fsp3) is 0.267. The van der Waals surface area contributed by atoms with E-state index in [9.17, 15) is 0 Å². The molecule has 0 spiro atoms. The number of rotatable bonds is 5. The van der Waals surface area contributed by atoms with Crippen molar-refractivity contribution >= 4 is 0 Å². The van der Waals surface area contributed by atoms with Gasteiger partial charge in [0.25, 0.3) is 0 Å². The molecule has 0 unspecified atom stereocenters. The lowest BCUT2D eigenvalue weighted by atomic mass is 10.1. The Bertz CT molecular complexity index is 494. The van der Waals surface area contributed by atoms with Crippen LogP contribution in [0.5, 0.6) is 5.75 Å². The third-order valence-electron chi connectivity index (χ3n) is 2.69. The Morgan fingerprint density at radius 1 is 1.22 bits per heavy atom. The molecule has 0 aliphatic heterocycles. The van der Waals surface area contributed by atoms with E-state index in [0.717, 1.165) is 17.9 Å². The van der Waals surface area contributed by atoms with Crippen molar-refractivity contribution in [1.82, 2.24) is 4.98 Å². The SMILES string of the molecule is Cc1cccc(COc2ccc(CCN)nc2)c1. The number of ether oxygens (including phenoxy) is 1. The Morgan fingerprint density at radius 2 is 2.11 bits per heavy atom. The van der Waals surface area contributed by atoms with Crippen molar-refractivity contribution in [2.75, 3.05) is 6.54 Å². The fourth-order valence-electron chi connectivity index (χ4n) is 1.76. The Balaban J connectivity index is 1.93. The van der Waals surface area contributed by atoms with Crippen molar-refractivity contribution in [3.8, 4) is 5.75 Å². The van der Waals surface area contributed by atoms with Crippen molar-refractivity contribution in [1.29, 1.82) is 0 Å². The minimum absolute atomic E-state index is 0.569. The van der Waals surface area contributed by atoms with Gasteiger partial charge in [-0.05, 0) is 31.2 Å². The second-order valence-corrected chi connectivity index (χ2v) is 4.30. The number of aromatic nitrogens is 1. The maximum atomic E-state index is 5.69. The van der Waals surface area contributed by atoms with Crippen LogP contribution in [0.3, 0.4) is 0 Å². The van der Waals surface area contributed by atoms with Crippen LogP contribution >= 0.6 is 0 Å². The summed E-state index contributed by atoms with van der Waals surface area (Å²) in [7, 11) is 0. The second-order valence-electron chi connectivity index (χ2n) is 4.30. The number of hydrogen-bond donors (Lipinski definition) is 1. The molecule has 0 bridgehead atoms. The van der Waals surface area contributed by atoms with E-state index in [2.05, 4.69) is 30.1 Å². The standard InChI is InChI=1S/C15H18N2O/c1-12-3-2-4-13(9-12)11-18-15-6-5-14(7-8-16)17-10-15/h2-6,9-10H,7-8,11,16H2,1H3. The molecule has 2 aromatic rings. The molecular formula is C15H18N2O. The molecule has 0 saturated carbocycles. The first-order valence-corrected chi connectivity index (χ1v) is 6.11. The normalized spacial score (nSPS) is 10.3. The van der Waals surface area contributed by atoms with Crippen LogP contribution in [-0.2, 0) is 13.0 Å². The number of benzene rings is 1. The minimum atomic E-state index is 0.569. The smallest absolute Gasteiger partial charge is 0.138 e. The summed E-state index contributed by atoms with van der Waals surface area (Å²) in [6.45, 7) is 3.27. The van der Waals surface area contributed by atoms with E-state index in [1.165, 1.54) is 11.1 Å². The molecule has 1 aromatic carbocycles. The first-order chi connectivity index (χ1) is 8.78. The van der Waals surface area contributed by atoms with E-state index in [1.807, 2.05) is 18.2 Å². The third kappa shape index (κ3) is 3.57. The largest absolute Gasteiger partial charge is 0.487 e. The zero-order valence-corrected chi connectivity index (χ0v) is 10.6. The number of pyridine rings is 1. The molecule has 2 N–H and O–H groups in total. The summed E-state index contributed by atoms with van der Waals surface area (Å²) < 4.78 is 5.69. The van der Waals surface area contributed by atoms with Gasteiger partial charge in [0.2, 0.25) is 0 Å². The van der Waals surface area contributed by atoms with E-state index in [-0.39, 0.29) is 0 Å². The predicted molar refractivity (Wildman–Crippen MR) is 72.5 cm³/mol. The highest BCUT2D eigenvalue weighted by Gasteiger charge is 1.98. The molecule has 3 heteroatoms. The van der Waals surface area contributed by atoms with Gasteiger partial charge in [0.15, 0.2) is 0 Å². The van der Waals surface area contributed by atoms with Gasteiger partial charge in [0.05, 0.1) is 6.20 Å². The van der Waals surface area contributed by atoms with Crippen molar-refractivity contribution in [3.63, 3.8) is 0 Å². The highest BCUT2D eigenvalue weighted by Crippen LogP contribution is 2.12. The predicted octanol–water partition coefficient (Wildman–Crippen LogP) is 2.47. The van der Waals surface area contributed by atoms with Crippen molar-refractivity contribution in [2.45, 2.75) is 20.0 Å². The fourth-order valence-corrected chi connectivity index (χ4v) is 1.76. The molecule has 1 heterocycles. The quantitative estimate of drug-likeness (QED) is 0.876. The first kappa shape index (κ1) is 12.6. The second kappa shape index (κ2) is 6.17. The van der Waals surface area contributed by atoms with Gasteiger partial charge in [-0.3, -0.25) is 4.98 Å². The summed E-state index contributed by atoms with van der Waals surface area (Å²) in [5.41, 5.74) is 8.89. The van der Waals surface area contributed by atoms with Crippen LogP contribution in [0, 0.1) is 6.92 Å². The summed E-state index contributed by atoms with van der Waals surface area (Å²) in [6.07, 6.45) is 2.55. The molecule has 2 rings (SSSR count). The summed E-state index contributed by atoms with van der Waals surface area (Å²) in [4.78, 5) is 4.29. The first-order valence-electron chi connectivity index (χ1n) is 6.11. The molecule has 0 fully saturated rings. The zero-order valence-electron chi connectivity index (χ0n) is 10.6. The van der Waals surface area contributed by atoms with E-state index >= 15 is 0 Å². The average Bonchev–Trinajstić information content (AvgIpc) is 2.38. The summed E-state index contributed by atoms with van der Waals surface area (Å²) in [5.74, 6) is 0.789. The van der Waals surface area contributed by atoms with Crippen LogP contribution in [0.2, 0.25) is 0 Å². The van der Waals surface area contributed by atoms with Crippen LogP contribution in [0.1, 0.15) is 16.8 Å². The van der Waals surface area contributed by atoms with Crippen LogP contribution in [0.4, 0.5) is 0 Å². The molecule has 0 aliphatic carbocycles. The molecule has 0 saturated heterocycles. The Hall–Kier alpha value is -1.87. The van der Waals surface area contributed by atoms with Crippen LogP contribution in [0.15, 0.2) is 42.6 Å².